The highest BCUT2D eigenvalue weighted by molar-refractivity contribution is 5.90. The normalized spacial score (nSPS) is 11.4. The minimum absolute atomic E-state index is 0.553. The monoisotopic (exact) mass is 428 g/mol. The molecule has 0 bridgehead atoms. The summed E-state index contributed by atoms with van der Waals surface area (Å²) < 4.78 is 8.80. The fourth-order valence-electron chi connectivity index (χ4n) is 4.01. The van der Waals surface area contributed by atoms with E-state index < -0.39 is 0 Å². The number of aryl methyl sites for hydroxylation is 4. The minimum Gasteiger partial charge on any atom is -0.481 e. The molecular formula is C23H24N8O. The Bertz CT molecular complexity index is 1450. The van der Waals surface area contributed by atoms with Crippen LogP contribution in [0.25, 0.3) is 27.7 Å². The van der Waals surface area contributed by atoms with E-state index in [4.69, 9.17) is 14.8 Å². The van der Waals surface area contributed by atoms with Gasteiger partial charge in [-0.2, -0.15) is 19.7 Å². The van der Waals surface area contributed by atoms with Crippen LogP contribution in [0, 0.1) is 20.8 Å². The lowest BCUT2D eigenvalue weighted by Crippen LogP contribution is -2.10. The van der Waals surface area contributed by atoms with Gasteiger partial charge >= 0.3 is 0 Å². The number of aromatic nitrogens is 7. The molecule has 0 aliphatic carbocycles. The maximum absolute atomic E-state index is 5.13. The van der Waals surface area contributed by atoms with Gasteiger partial charge in [0.1, 0.15) is 5.82 Å². The maximum atomic E-state index is 5.13. The number of ether oxygens (including phenoxy) is 1. The lowest BCUT2D eigenvalue weighted by atomic mass is 10.0. The van der Waals surface area contributed by atoms with Gasteiger partial charge in [-0.05, 0) is 44.0 Å². The summed E-state index contributed by atoms with van der Waals surface area (Å²) in [5, 5.41) is 13.8. The van der Waals surface area contributed by atoms with Crippen molar-refractivity contribution in [1.82, 2.24) is 34.3 Å². The Balaban J connectivity index is 1.56. The van der Waals surface area contributed by atoms with Gasteiger partial charge in [0.05, 0.1) is 24.0 Å². The second-order valence-corrected chi connectivity index (χ2v) is 7.79. The van der Waals surface area contributed by atoms with E-state index in [0.717, 1.165) is 44.6 Å². The molecule has 0 atom stereocenters. The molecule has 9 nitrogen and oxygen atoms in total. The number of hydrogen-bond acceptors (Lipinski definition) is 7. The van der Waals surface area contributed by atoms with Gasteiger partial charge in [-0.1, -0.05) is 12.1 Å². The largest absolute Gasteiger partial charge is 0.481 e. The highest BCUT2D eigenvalue weighted by atomic mass is 16.5. The Hall–Kier alpha value is -4.01. The van der Waals surface area contributed by atoms with Crippen molar-refractivity contribution in [2.75, 3.05) is 12.4 Å². The number of hydrogen-bond donors (Lipinski definition) is 1. The van der Waals surface area contributed by atoms with E-state index in [1.165, 1.54) is 0 Å². The smallest absolute Gasteiger partial charge is 0.227 e. The average Bonchev–Trinajstić information content (AvgIpc) is 3.27. The third kappa shape index (κ3) is 3.31. The predicted molar refractivity (Wildman–Crippen MR) is 123 cm³/mol. The molecule has 0 aliphatic rings. The van der Waals surface area contributed by atoms with E-state index in [1.807, 2.05) is 44.6 Å². The van der Waals surface area contributed by atoms with Gasteiger partial charge in [0.15, 0.2) is 5.65 Å². The van der Waals surface area contributed by atoms with Crippen molar-refractivity contribution in [3.63, 3.8) is 0 Å². The highest BCUT2D eigenvalue weighted by Crippen LogP contribution is 2.31. The number of pyridine rings is 1. The summed E-state index contributed by atoms with van der Waals surface area (Å²) in [5.74, 6) is 1.89. The summed E-state index contributed by atoms with van der Waals surface area (Å²) in [4.78, 5) is 13.6. The van der Waals surface area contributed by atoms with Crippen LogP contribution in [0.3, 0.4) is 0 Å². The number of fused-ring (bicyclic) bond motifs is 2. The summed E-state index contributed by atoms with van der Waals surface area (Å²) in [6.07, 6.45) is 1.78. The third-order valence-electron chi connectivity index (χ3n) is 5.55. The van der Waals surface area contributed by atoms with Gasteiger partial charge in [0.2, 0.25) is 11.8 Å². The minimum atomic E-state index is 0.553. The van der Waals surface area contributed by atoms with E-state index in [0.29, 0.717) is 24.2 Å². The van der Waals surface area contributed by atoms with Crippen molar-refractivity contribution in [3.05, 3.63) is 59.3 Å². The molecule has 5 aromatic rings. The summed E-state index contributed by atoms with van der Waals surface area (Å²) in [5.41, 5.74) is 6.82. The Kier molecular flexibility index (Phi) is 4.73. The molecule has 0 fully saturated rings. The van der Waals surface area contributed by atoms with E-state index >= 15 is 0 Å². The van der Waals surface area contributed by atoms with Gasteiger partial charge in [-0.15, -0.1) is 0 Å². The molecule has 5 rings (SSSR count). The van der Waals surface area contributed by atoms with E-state index in [1.54, 1.807) is 17.8 Å². The average molecular weight is 429 g/mol. The first-order chi connectivity index (χ1) is 15.4. The standard InChI is InChI=1S/C23H24N8O/c1-13-18-10-17(7-8-19(18)30(4)28-13)21-14(2)29-31-22(21)26-15(3)27-23(31)25-12-16-6-9-20(32-5)24-11-16/h6-11H,12H2,1-5H3,(H,25,26,27). The van der Waals surface area contributed by atoms with Crippen LogP contribution >= 0.6 is 0 Å². The molecule has 32 heavy (non-hydrogen) atoms. The first kappa shape index (κ1) is 19.9. The Morgan fingerprint density at radius 2 is 1.84 bits per heavy atom. The number of nitrogens with one attached hydrogen (secondary N) is 1. The maximum Gasteiger partial charge on any atom is 0.227 e. The van der Waals surface area contributed by atoms with Crippen molar-refractivity contribution in [2.45, 2.75) is 27.3 Å². The Morgan fingerprint density at radius 3 is 2.59 bits per heavy atom. The number of anilines is 1. The van der Waals surface area contributed by atoms with Crippen LogP contribution in [0.1, 0.15) is 22.8 Å². The van der Waals surface area contributed by atoms with Gasteiger partial charge in [-0.3, -0.25) is 4.68 Å². The molecule has 162 valence electrons. The summed E-state index contributed by atoms with van der Waals surface area (Å²) in [7, 11) is 3.56. The van der Waals surface area contributed by atoms with Crippen molar-refractivity contribution in [1.29, 1.82) is 0 Å². The SMILES string of the molecule is COc1ccc(CNc2nc(C)nc3c(-c4ccc5c(c4)c(C)nn5C)c(C)nn23)cn1. The second-order valence-electron chi connectivity index (χ2n) is 7.79. The zero-order valence-electron chi connectivity index (χ0n) is 18.7. The van der Waals surface area contributed by atoms with Crippen molar-refractivity contribution < 1.29 is 4.74 Å². The Labute approximate surface area is 185 Å². The molecule has 0 unspecified atom stereocenters. The molecule has 4 heterocycles. The van der Waals surface area contributed by atoms with Crippen LogP contribution < -0.4 is 10.1 Å². The van der Waals surface area contributed by atoms with Crippen molar-refractivity contribution in [3.8, 4) is 17.0 Å². The molecule has 1 N–H and O–H groups in total. The fourth-order valence-corrected chi connectivity index (χ4v) is 4.01. The molecule has 0 saturated heterocycles. The van der Waals surface area contributed by atoms with Crippen LogP contribution in [0.2, 0.25) is 0 Å². The molecular weight excluding hydrogens is 404 g/mol. The van der Waals surface area contributed by atoms with Crippen LogP contribution in [0.4, 0.5) is 5.95 Å². The number of benzene rings is 1. The van der Waals surface area contributed by atoms with E-state index in [-0.39, 0.29) is 0 Å². The molecule has 4 aromatic heterocycles. The molecule has 0 amide bonds. The second kappa shape index (κ2) is 7.60. The third-order valence-corrected chi connectivity index (χ3v) is 5.55. The van der Waals surface area contributed by atoms with Crippen LogP contribution in [-0.2, 0) is 13.6 Å². The van der Waals surface area contributed by atoms with Crippen molar-refractivity contribution >= 4 is 22.5 Å². The van der Waals surface area contributed by atoms with Crippen LogP contribution in [0.5, 0.6) is 5.88 Å². The molecule has 9 heteroatoms. The number of nitrogens with zero attached hydrogens (tertiary/aromatic N) is 7. The summed E-state index contributed by atoms with van der Waals surface area (Å²) in [6.45, 7) is 6.46. The predicted octanol–water partition coefficient (Wildman–Crippen LogP) is 3.62. The summed E-state index contributed by atoms with van der Waals surface area (Å²) in [6, 6.07) is 10.2. The first-order valence-electron chi connectivity index (χ1n) is 10.3. The first-order valence-corrected chi connectivity index (χ1v) is 10.3. The quantitative estimate of drug-likeness (QED) is 0.457. The summed E-state index contributed by atoms with van der Waals surface area (Å²) >= 11 is 0. The van der Waals surface area contributed by atoms with Gasteiger partial charge in [0, 0.05) is 36.8 Å². The zero-order chi connectivity index (χ0) is 22.4. The lowest BCUT2D eigenvalue weighted by molar-refractivity contribution is 0.397. The Morgan fingerprint density at radius 1 is 1.00 bits per heavy atom. The van der Waals surface area contributed by atoms with E-state index in [2.05, 4.69) is 38.6 Å². The zero-order valence-corrected chi connectivity index (χ0v) is 18.7. The fraction of sp³-hybridized carbons (Fsp3) is 0.261. The molecule has 0 spiro atoms. The number of rotatable bonds is 5. The number of methoxy groups -OCH3 is 1. The van der Waals surface area contributed by atoms with Crippen LogP contribution in [-0.4, -0.2) is 41.5 Å². The molecule has 0 radical (unpaired) electrons. The van der Waals surface area contributed by atoms with Gasteiger partial charge in [0.25, 0.3) is 0 Å². The topological polar surface area (TPSA) is 95.0 Å². The highest BCUT2D eigenvalue weighted by Gasteiger charge is 2.18. The van der Waals surface area contributed by atoms with E-state index in [9.17, 15) is 0 Å². The van der Waals surface area contributed by atoms with Crippen LogP contribution in [0.15, 0.2) is 36.5 Å². The lowest BCUT2D eigenvalue weighted by Gasteiger charge is -2.09. The van der Waals surface area contributed by atoms with Crippen molar-refractivity contribution in [2.24, 2.45) is 7.05 Å². The molecule has 0 aliphatic heterocycles. The van der Waals surface area contributed by atoms with Gasteiger partial charge < -0.3 is 10.1 Å². The molecule has 1 aromatic carbocycles. The van der Waals surface area contributed by atoms with Gasteiger partial charge in [-0.25, -0.2) is 9.97 Å². The molecule has 0 saturated carbocycles.